The van der Waals surface area contributed by atoms with Crippen molar-refractivity contribution in [2.75, 3.05) is 0 Å². The van der Waals surface area contributed by atoms with Gasteiger partial charge in [0.15, 0.2) is 0 Å². The Morgan fingerprint density at radius 3 is 2.76 bits per heavy atom. The quantitative estimate of drug-likeness (QED) is 0.622. The zero-order chi connectivity index (χ0) is 19.8. The molecule has 0 radical (unpaired) electrons. The van der Waals surface area contributed by atoms with Crippen molar-refractivity contribution in [1.29, 1.82) is 0 Å². The predicted octanol–water partition coefficient (Wildman–Crippen LogP) is 4.12. The van der Waals surface area contributed by atoms with Gasteiger partial charge in [-0.05, 0) is 24.3 Å². The third-order valence-electron chi connectivity index (χ3n) is 5.06. The number of nitrogens with zero attached hydrogens (tertiary/aromatic N) is 3. The van der Waals surface area contributed by atoms with E-state index in [1.54, 1.807) is 36.8 Å². The van der Waals surface area contributed by atoms with E-state index in [0.29, 0.717) is 17.1 Å². The second-order valence-electron chi connectivity index (χ2n) is 6.91. The predicted molar refractivity (Wildman–Crippen MR) is 110 cm³/mol. The lowest BCUT2D eigenvalue weighted by Crippen LogP contribution is -2.53. The van der Waals surface area contributed by atoms with Gasteiger partial charge in [0, 0.05) is 11.1 Å². The fourth-order valence-electron chi connectivity index (χ4n) is 3.44. The Morgan fingerprint density at radius 2 is 1.97 bits per heavy atom. The van der Waals surface area contributed by atoms with Crippen molar-refractivity contribution in [2.24, 2.45) is 15.8 Å². The minimum atomic E-state index is -0.284. The third-order valence-corrected chi connectivity index (χ3v) is 5.06. The summed E-state index contributed by atoms with van der Waals surface area (Å²) < 4.78 is 19.6. The number of ether oxygens (including phenoxy) is 1. The molecule has 142 valence electrons. The van der Waals surface area contributed by atoms with Crippen molar-refractivity contribution in [3.63, 3.8) is 0 Å². The summed E-state index contributed by atoms with van der Waals surface area (Å²) in [6.07, 6.45) is 11.2. The number of hydrogen-bond donors (Lipinski definition) is 1. The second-order valence-corrected chi connectivity index (χ2v) is 6.91. The SMILES string of the molecule is N[N+]12C=CN=CC1=C(C1=CC=C1)N=C2c1cccc(OCc2ccccc2F)c1. The van der Waals surface area contributed by atoms with Crippen molar-refractivity contribution in [1.82, 2.24) is 0 Å². The minimum absolute atomic E-state index is 0.0548. The first-order chi connectivity index (χ1) is 14.1. The van der Waals surface area contributed by atoms with Gasteiger partial charge in [-0.3, -0.25) is 4.99 Å². The van der Waals surface area contributed by atoms with E-state index in [0.717, 1.165) is 22.5 Å². The van der Waals surface area contributed by atoms with Crippen molar-refractivity contribution < 1.29 is 13.7 Å². The summed E-state index contributed by atoms with van der Waals surface area (Å²) in [5, 5.41) is 0. The molecule has 6 heteroatoms. The fourth-order valence-corrected chi connectivity index (χ4v) is 3.44. The van der Waals surface area contributed by atoms with Crippen LogP contribution in [0.25, 0.3) is 0 Å². The maximum Gasteiger partial charge on any atom is 0.265 e. The van der Waals surface area contributed by atoms with Crippen LogP contribution >= 0.6 is 0 Å². The van der Waals surface area contributed by atoms with Crippen LogP contribution in [0.5, 0.6) is 5.75 Å². The van der Waals surface area contributed by atoms with Crippen LogP contribution in [-0.4, -0.2) is 16.6 Å². The summed E-state index contributed by atoms with van der Waals surface area (Å²) in [5.41, 5.74) is 3.99. The molecule has 2 aromatic carbocycles. The highest BCUT2D eigenvalue weighted by atomic mass is 19.1. The highest BCUT2D eigenvalue weighted by Crippen LogP contribution is 2.36. The van der Waals surface area contributed by atoms with Gasteiger partial charge in [0.2, 0.25) is 5.70 Å². The van der Waals surface area contributed by atoms with Crippen molar-refractivity contribution >= 4 is 12.1 Å². The van der Waals surface area contributed by atoms with E-state index in [1.807, 2.05) is 42.5 Å². The van der Waals surface area contributed by atoms with Crippen LogP contribution in [0.4, 0.5) is 4.39 Å². The Hall–Kier alpha value is -3.61. The van der Waals surface area contributed by atoms with Crippen molar-refractivity contribution in [2.45, 2.75) is 6.61 Å². The van der Waals surface area contributed by atoms with Gasteiger partial charge in [-0.1, -0.05) is 42.5 Å². The van der Waals surface area contributed by atoms with Gasteiger partial charge in [0.1, 0.15) is 30.1 Å². The molecule has 0 saturated carbocycles. The van der Waals surface area contributed by atoms with E-state index >= 15 is 0 Å². The number of rotatable bonds is 5. The van der Waals surface area contributed by atoms with E-state index in [9.17, 15) is 4.39 Å². The highest BCUT2D eigenvalue weighted by molar-refractivity contribution is 6.01. The fraction of sp³-hybridized carbons (Fsp3) is 0.0435. The lowest BCUT2D eigenvalue weighted by Gasteiger charge is -2.26. The standard InChI is InChI=1S/C23H18FN4O/c24-20-10-2-1-5-18(20)15-29-19-9-4-8-17(13-19)23-27-22(16-6-3-7-16)21-14-26-11-12-28(21,23)25/h1-14H,15,25H2/q+1. The molecule has 0 fully saturated rings. The number of allylic oxidation sites excluding steroid dienone is 4. The topological polar surface area (TPSA) is 60.0 Å². The Labute approximate surface area is 167 Å². The number of aliphatic imine (C=N–C) groups is 2. The van der Waals surface area contributed by atoms with E-state index in [4.69, 9.17) is 15.6 Å². The van der Waals surface area contributed by atoms with Gasteiger partial charge in [0.25, 0.3) is 5.84 Å². The molecule has 2 N–H and O–H groups in total. The first-order valence-corrected chi connectivity index (χ1v) is 9.23. The Balaban J connectivity index is 1.46. The van der Waals surface area contributed by atoms with Gasteiger partial charge < -0.3 is 4.74 Å². The van der Waals surface area contributed by atoms with Gasteiger partial charge in [-0.25, -0.2) is 4.39 Å². The molecule has 1 atom stereocenters. The molecule has 29 heavy (non-hydrogen) atoms. The van der Waals surface area contributed by atoms with E-state index in [-0.39, 0.29) is 17.0 Å². The summed E-state index contributed by atoms with van der Waals surface area (Å²) in [7, 11) is 0. The lowest BCUT2D eigenvalue weighted by atomic mass is 10.0. The molecule has 0 spiro atoms. The van der Waals surface area contributed by atoms with Gasteiger partial charge in [-0.15, -0.1) is 4.59 Å². The maximum absolute atomic E-state index is 13.9. The molecule has 0 amide bonds. The van der Waals surface area contributed by atoms with Crippen molar-refractivity contribution in [3.05, 3.63) is 113 Å². The zero-order valence-corrected chi connectivity index (χ0v) is 15.5. The molecule has 5 rings (SSSR count). The van der Waals surface area contributed by atoms with E-state index in [2.05, 4.69) is 4.99 Å². The maximum atomic E-state index is 13.9. The molecule has 1 aliphatic carbocycles. The summed E-state index contributed by atoms with van der Waals surface area (Å²) >= 11 is 0. The Bertz CT molecular complexity index is 1190. The molecule has 3 aliphatic rings. The van der Waals surface area contributed by atoms with Crippen LogP contribution in [0, 0.1) is 5.82 Å². The summed E-state index contributed by atoms with van der Waals surface area (Å²) in [4.78, 5) is 9.07. The normalized spacial score (nSPS) is 21.6. The van der Waals surface area contributed by atoms with Crippen LogP contribution < -0.4 is 10.6 Å². The number of fused-ring (bicyclic) bond motifs is 1. The molecule has 0 aromatic heterocycles. The zero-order valence-electron chi connectivity index (χ0n) is 15.5. The molecular weight excluding hydrogens is 367 g/mol. The lowest BCUT2D eigenvalue weighted by molar-refractivity contribution is -0.750. The number of benzene rings is 2. The summed E-state index contributed by atoms with van der Waals surface area (Å²) in [5.74, 6) is 7.72. The number of nitrogens with two attached hydrogens (primary N) is 1. The minimum Gasteiger partial charge on any atom is -0.489 e. The molecule has 0 bridgehead atoms. The van der Waals surface area contributed by atoms with Gasteiger partial charge in [0.05, 0.1) is 18.0 Å². The largest absolute Gasteiger partial charge is 0.489 e. The summed E-state index contributed by atoms with van der Waals surface area (Å²) in [6, 6.07) is 14.1. The van der Waals surface area contributed by atoms with Crippen LogP contribution in [-0.2, 0) is 6.61 Å². The Kier molecular flexibility index (Phi) is 4.08. The molecule has 1 unspecified atom stereocenters. The summed E-state index contributed by atoms with van der Waals surface area (Å²) in [6.45, 7) is 0.143. The average Bonchev–Trinajstić information content (AvgIpc) is 2.99. The molecule has 0 saturated heterocycles. The molecular formula is C23H18FN4O+. The monoisotopic (exact) mass is 385 g/mol. The van der Waals surface area contributed by atoms with Crippen LogP contribution in [0.15, 0.2) is 106 Å². The Morgan fingerprint density at radius 1 is 1.10 bits per heavy atom. The van der Waals surface area contributed by atoms with Crippen LogP contribution in [0.1, 0.15) is 11.1 Å². The van der Waals surface area contributed by atoms with Crippen LogP contribution in [0.3, 0.4) is 0 Å². The van der Waals surface area contributed by atoms with E-state index < -0.39 is 0 Å². The first kappa shape index (κ1) is 17.5. The second kappa shape index (κ2) is 6.77. The third kappa shape index (κ3) is 2.95. The molecule has 2 aliphatic heterocycles. The molecule has 2 heterocycles. The van der Waals surface area contributed by atoms with Crippen LogP contribution in [0.2, 0.25) is 0 Å². The molecule has 2 aromatic rings. The highest BCUT2D eigenvalue weighted by Gasteiger charge is 2.44. The number of halogens is 1. The number of hydrogen-bond acceptors (Lipinski definition) is 4. The van der Waals surface area contributed by atoms with Gasteiger partial charge >= 0.3 is 0 Å². The average molecular weight is 385 g/mol. The van der Waals surface area contributed by atoms with E-state index in [1.165, 1.54) is 6.07 Å². The molecule has 5 nitrogen and oxygen atoms in total. The number of amidine groups is 1. The van der Waals surface area contributed by atoms with Crippen molar-refractivity contribution in [3.8, 4) is 5.75 Å². The first-order valence-electron chi connectivity index (χ1n) is 9.23. The smallest absolute Gasteiger partial charge is 0.265 e. The van der Waals surface area contributed by atoms with Gasteiger partial charge in [-0.2, -0.15) is 10.8 Å². The number of quaternary nitrogens is 1.